The Morgan fingerprint density at radius 3 is 2.59 bits per heavy atom. The van der Waals surface area contributed by atoms with Gasteiger partial charge < -0.3 is 15.2 Å². The quantitative estimate of drug-likeness (QED) is 0.868. The average Bonchev–Trinajstić information content (AvgIpc) is 2.78. The molecule has 0 atom stereocenters. The van der Waals surface area contributed by atoms with E-state index in [4.69, 9.17) is 10.3 Å². The molecule has 0 radical (unpaired) electrons. The molecule has 1 aliphatic heterocycles. The fourth-order valence-electron chi connectivity index (χ4n) is 1.95. The Morgan fingerprint density at radius 1 is 1.47 bits per heavy atom. The van der Waals surface area contributed by atoms with E-state index in [2.05, 4.69) is 10.1 Å². The summed E-state index contributed by atoms with van der Waals surface area (Å²) in [6, 6.07) is 0.418. The van der Waals surface area contributed by atoms with Crippen molar-refractivity contribution in [3.8, 4) is 0 Å². The summed E-state index contributed by atoms with van der Waals surface area (Å²) in [5, 5.41) is 3.67. The van der Waals surface area contributed by atoms with E-state index in [-0.39, 0.29) is 5.82 Å². The first-order valence-corrected chi connectivity index (χ1v) is 5.99. The number of alkyl halides is 1. The van der Waals surface area contributed by atoms with Crippen molar-refractivity contribution in [2.45, 2.75) is 32.4 Å². The fraction of sp³-hybridized carbons (Fsp3) is 0.818. The van der Waals surface area contributed by atoms with Gasteiger partial charge in [-0.05, 0) is 39.2 Å². The number of hydrogen-bond donors (Lipinski definition) is 1. The van der Waals surface area contributed by atoms with Crippen LogP contribution in [0.25, 0.3) is 0 Å². The second-order valence-electron chi connectivity index (χ2n) is 5.04. The second kappa shape index (κ2) is 4.60. The van der Waals surface area contributed by atoms with Gasteiger partial charge in [-0.1, -0.05) is 5.16 Å². The van der Waals surface area contributed by atoms with Crippen molar-refractivity contribution >= 4 is 6.01 Å². The molecular formula is C11H19FN4O. The Hall–Kier alpha value is -1.17. The van der Waals surface area contributed by atoms with E-state index < -0.39 is 5.67 Å². The Labute approximate surface area is 100 Å². The zero-order valence-corrected chi connectivity index (χ0v) is 10.3. The highest BCUT2D eigenvalue weighted by molar-refractivity contribution is 5.26. The molecule has 0 saturated carbocycles. The molecule has 0 amide bonds. The monoisotopic (exact) mass is 242 g/mol. The molecule has 5 nitrogen and oxygen atoms in total. The van der Waals surface area contributed by atoms with Gasteiger partial charge >= 0.3 is 6.01 Å². The molecule has 6 heteroatoms. The standard InChI is InChI=1S/C11H19FN4O/c1-11(2,12)9-14-10(17-15-9)16-5-3-8(7-13)4-6-16/h8H,3-7,13H2,1-2H3. The Morgan fingerprint density at radius 2 is 2.12 bits per heavy atom. The molecule has 0 unspecified atom stereocenters. The minimum Gasteiger partial charge on any atom is -0.330 e. The first-order valence-electron chi connectivity index (χ1n) is 5.99. The molecule has 0 aliphatic carbocycles. The van der Waals surface area contributed by atoms with Gasteiger partial charge in [-0.3, -0.25) is 0 Å². The van der Waals surface area contributed by atoms with Gasteiger partial charge in [0.25, 0.3) is 0 Å². The molecule has 2 heterocycles. The molecule has 96 valence electrons. The predicted octanol–water partition coefficient (Wildman–Crippen LogP) is 1.45. The number of piperidine rings is 1. The van der Waals surface area contributed by atoms with Gasteiger partial charge in [0.15, 0.2) is 5.67 Å². The maximum absolute atomic E-state index is 13.6. The van der Waals surface area contributed by atoms with Gasteiger partial charge in [-0.2, -0.15) is 4.98 Å². The van der Waals surface area contributed by atoms with E-state index in [1.54, 1.807) is 0 Å². The lowest BCUT2D eigenvalue weighted by molar-refractivity contribution is 0.199. The average molecular weight is 242 g/mol. The Kier molecular flexibility index (Phi) is 3.33. The van der Waals surface area contributed by atoms with Crippen LogP contribution in [-0.4, -0.2) is 29.8 Å². The minimum absolute atomic E-state index is 0.105. The molecule has 0 bridgehead atoms. The lowest BCUT2D eigenvalue weighted by Crippen LogP contribution is -2.36. The van der Waals surface area contributed by atoms with Crippen LogP contribution in [-0.2, 0) is 5.67 Å². The normalized spacial score (nSPS) is 18.7. The summed E-state index contributed by atoms with van der Waals surface area (Å²) in [6.45, 7) is 5.25. The van der Waals surface area contributed by atoms with Crippen molar-refractivity contribution in [2.75, 3.05) is 24.5 Å². The van der Waals surface area contributed by atoms with Crippen molar-refractivity contribution in [3.05, 3.63) is 5.82 Å². The third kappa shape index (κ3) is 2.74. The maximum Gasteiger partial charge on any atom is 0.324 e. The summed E-state index contributed by atoms with van der Waals surface area (Å²) in [6.07, 6.45) is 2.04. The molecule has 17 heavy (non-hydrogen) atoms. The molecule has 1 aromatic heterocycles. The lowest BCUT2D eigenvalue weighted by Gasteiger charge is -2.29. The zero-order valence-electron chi connectivity index (χ0n) is 10.3. The van der Waals surface area contributed by atoms with Crippen molar-refractivity contribution < 1.29 is 8.91 Å². The Bertz CT molecular complexity index is 366. The zero-order chi connectivity index (χ0) is 12.5. The van der Waals surface area contributed by atoms with Crippen LogP contribution < -0.4 is 10.6 Å². The molecular weight excluding hydrogens is 223 g/mol. The maximum atomic E-state index is 13.6. The van der Waals surface area contributed by atoms with Crippen LogP contribution in [0.2, 0.25) is 0 Å². The number of hydrogen-bond acceptors (Lipinski definition) is 5. The van der Waals surface area contributed by atoms with Gasteiger partial charge in [0, 0.05) is 13.1 Å². The molecule has 1 fully saturated rings. The van der Waals surface area contributed by atoms with Crippen LogP contribution in [0.1, 0.15) is 32.5 Å². The van der Waals surface area contributed by atoms with Gasteiger partial charge in [0.05, 0.1) is 0 Å². The van der Waals surface area contributed by atoms with Gasteiger partial charge in [0.1, 0.15) is 0 Å². The second-order valence-corrected chi connectivity index (χ2v) is 5.04. The molecule has 2 rings (SSSR count). The molecule has 1 saturated heterocycles. The molecule has 0 aromatic carbocycles. The van der Waals surface area contributed by atoms with E-state index >= 15 is 0 Å². The SMILES string of the molecule is CC(C)(F)c1noc(N2CCC(CN)CC2)n1. The van der Waals surface area contributed by atoms with Gasteiger partial charge in [-0.25, -0.2) is 4.39 Å². The van der Waals surface area contributed by atoms with E-state index in [1.807, 2.05) is 4.90 Å². The van der Waals surface area contributed by atoms with Crippen LogP contribution in [0.3, 0.4) is 0 Å². The van der Waals surface area contributed by atoms with E-state index in [0.717, 1.165) is 32.5 Å². The summed E-state index contributed by atoms with van der Waals surface area (Å²) in [5.74, 6) is 0.680. The fourth-order valence-corrected chi connectivity index (χ4v) is 1.95. The van der Waals surface area contributed by atoms with Crippen LogP contribution >= 0.6 is 0 Å². The highest BCUT2D eigenvalue weighted by Gasteiger charge is 2.28. The summed E-state index contributed by atoms with van der Waals surface area (Å²) in [4.78, 5) is 6.09. The third-order valence-corrected chi connectivity index (χ3v) is 3.17. The minimum atomic E-state index is -1.56. The van der Waals surface area contributed by atoms with Gasteiger partial charge in [0.2, 0.25) is 5.82 Å². The number of aromatic nitrogens is 2. The summed E-state index contributed by atoms with van der Waals surface area (Å²) >= 11 is 0. The first-order chi connectivity index (χ1) is 8.00. The highest BCUT2D eigenvalue weighted by Crippen LogP contribution is 2.26. The summed E-state index contributed by atoms with van der Waals surface area (Å²) in [5.41, 5.74) is 4.07. The smallest absolute Gasteiger partial charge is 0.324 e. The molecule has 1 aliphatic rings. The number of anilines is 1. The highest BCUT2D eigenvalue weighted by atomic mass is 19.1. The van der Waals surface area contributed by atoms with Crippen molar-refractivity contribution in [1.29, 1.82) is 0 Å². The first kappa shape index (κ1) is 12.3. The number of rotatable bonds is 3. The Balaban J connectivity index is 2.02. The van der Waals surface area contributed by atoms with Crippen LogP contribution in [0.15, 0.2) is 4.52 Å². The van der Waals surface area contributed by atoms with E-state index in [0.29, 0.717) is 11.9 Å². The van der Waals surface area contributed by atoms with Crippen LogP contribution in [0.5, 0.6) is 0 Å². The van der Waals surface area contributed by atoms with E-state index in [9.17, 15) is 4.39 Å². The molecule has 2 N–H and O–H groups in total. The number of halogens is 1. The third-order valence-electron chi connectivity index (χ3n) is 3.17. The van der Waals surface area contributed by atoms with Gasteiger partial charge in [-0.15, -0.1) is 0 Å². The van der Waals surface area contributed by atoms with E-state index in [1.165, 1.54) is 13.8 Å². The number of nitrogens with two attached hydrogens (primary N) is 1. The number of nitrogens with zero attached hydrogens (tertiary/aromatic N) is 3. The largest absolute Gasteiger partial charge is 0.330 e. The van der Waals surface area contributed by atoms with Crippen LogP contribution in [0.4, 0.5) is 10.4 Å². The topological polar surface area (TPSA) is 68.2 Å². The molecule has 0 spiro atoms. The van der Waals surface area contributed by atoms with Crippen molar-refractivity contribution in [2.24, 2.45) is 11.7 Å². The van der Waals surface area contributed by atoms with Crippen molar-refractivity contribution in [1.82, 2.24) is 10.1 Å². The van der Waals surface area contributed by atoms with Crippen molar-refractivity contribution in [3.63, 3.8) is 0 Å². The van der Waals surface area contributed by atoms with Crippen LogP contribution in [0, 0.1) is 5.92 Å². The molecule has 1 aromatic rings. The predicted molar refractivity (Wildman–Crippen MR) is 62.4 cm³/mol. The summed E-state index contributed by atoms with van der Waals surface area (Å²) < 4.78 is 18.7. The lowest BCUT2D eigenvalue weighted by atomic mass is 9.97. The summed E-state index contributed by atoms with van der Waals surface area (Å²) in [7, 11) is 0.